The number of guanidine groups is 1. The van der Waals surface area contributed by atoms with Crippen molar-refractivity contribution >= 4 is 29.9 Å². The minimum Gasteiger partial charge on any atom is -0.497 e. The molecule has 7 heteroatoms. The Morgan fingerprint density at radius 1 is 1.07 bits per heavy atom. The fourth-order valence-electron chi connectivity index (χ4n) is 2.59. The van der Waals surface area contributed by atoms with Crippen molar-refractivity contribution in [3.63, 3.8) is 0 Å². The predicted octanol–water partition coefficient (Wildman–Crippen LogP) is 3.76. The highest BCUT2D eigenvalue weighted by atomic mass is 127. The highest BCUT2D eigenvalue weighted by Crippen LogP contribution is 2.24. The Balaban J connectivity index is 0.00000364. The molecule has 2 rings (SSSR count). The van der Waals surface area contributed by atoms with E-state index in [1.165, 1.54) is 6.07 Å². The molecule has 0 spiro atoms. The van der Waals surface area contributed by atoms with Crippen molar-refractivity contribution in [1.29, 1.82) is 0 Å². The van der Waals surface area contributed by atoms with Gasteiger partial charge in [-0.05, 0) is 42.7 Å². The van der Waals surface area contributed by atoms with Gasteiger partial charge in [-0.2, -0.15) is 0 Å². The maximum absolute atomic E-state index is 13.2. The third-order valence-electron chi connectivity index (χ3n) is 3.99. The average Bonchev–Trinajstić information content (AvgIpc) is 2.67. The van der Waals surface area contributed by atoms with Crippen LogP contribution < -0.4 is 20.1 Å². The SMILES string of the molecule is CN=C(NCCCc1cccc(F)c1)NCc1ccc(OC)cc1OC.I. The Kier molecular flexibility index (Phi) is 10.5. The molecule has 0 radical (unpaired) electrons. The number of hydrogen-bond acceptors (Lipinski definition) is 3. The summed E-state index contributed by atoms with van der Waals surface area (Å²) in [5, 5.41) is 6.53. The normalized spacial score (nSPS) is 10.7. The molecule has 0 aliphatic heterocycles. The maximum atomic E-state index is 13.2. The molecule has 0 saturated carbocycles. The molecule has 0 unspecified atom stereocenters. The number of rotatable bonds is 8. The second kappa shape index (κ2) is 12.4. The molecule has 0 saturated heterocycles. The van der Waals surface area contributed by atoms with Crippen LogP contribution >= 0.6 is 24.0 Å². The summed E-state index contributed by atoms with van der Waals surface area (Å²) in [6.07, 6.45) is 1.70. The van der Waals surface area contributed by atoms with Gasteiger partial charge < -0.3 is 20.1 Å². The minimum atomic E-state index is -0.193. The second-order valence-electron chi connectivity index (χ2n) is 5.76. The molecule has 2 aromatic rings. The molecule has 0 aliphatic rings. The van der Waals surface area contributed by atoms with Gasteiger partial charge in [0, 0.05) is 31.8 Å². The number of benzene rings is 2. The molecule has 0 aromatic heterocycles. The molecule has 0 fully saturated rings. The molecule has 0 atom stereocenters. The molecule has 0 heterocycles. The lowest BCUT2D eigenvalue weighted by molar-refractivity contribution is 0.390. The number of nitrogens with zero attached hydrogens (tertiary/aromatic N) is 1. The lowest BCUT2D eigenvalue weighted by Crippen LogP contribution is -2.37. The second-order valence-corrected chi connectivity index (χ2v) is 5.76. The van der Waals surface area contributed by atoms with E-state index in [-0.39, 0.29) is 29.8 Å². The number of hydrogen-bond donors (Lipinski definition) is 2. The van der Waals surface area contributed by atoms with Gasteiger partial charge in [0.05, 0.1) is 14.2 Å². The summed E-state index contributed by atoms with van der Waals surface area (Å²) in [6, 6.07) is 12.4. The molecule has 0 aliphatic carbocycles. The highest BCUT2D eigenvalue weighted by molar-refractivity contribution is 14.0. The Bertz CT molecular complexity index is 741. The maximum Gasteiger partial charge on any atom is 0.191 e. The van der Waals surface area contributed by atoms with Crippen molar-refractivity contribution in [2.45, 2.75) is 19.4 Å². The van der Waals surface area contributed by atoms with Crippen LogP contribution in [0.2, 0.25) is 0 Å². The monoisotopic (exact) mass is 487 g/mol. The van der Waals surface area contributed by atoms with Crippen LogP contribution in [0, 0.1) is 5.82 Å². The first-order chi connectivity index (χ1) is 12.7. The molecule has 27 heavy (non-hydrogen) atoms. The lowest BCUT2D eigenvalue weighted by Gasteiger charge is -2.14. The fraction of sp³-hybridized carbons (Fsp3) is 0.350. The number of aryl methyl sites for hydroxylation is 1. The van der Waals surface area contributed by atoms with E-state index >= 15 is 0 Å². The van der Waals surface area contributed by atoms with Crippen LogP contribution in [0.1, 0.15) is 17.5 Å². The zero-order valence-corrected chi connectivity index (χ0v) is 18.3. The van der Waals surface area contributed by atoms with E-state index in [9.17, 15) is 4.39 Å². The summed E-state index contributed by atoms with van der Waals surface area (Å²) in [4.78, 5) is 4.22. The molecule has 2 N–H and O–H groups in total. The largest absolute Gasteiger partial charge is 0.497 e. The van der Waals surface area contributed by atoms with Crippen LogP contribution in [0.3, 0.4) is 0 Å². The smallest absolute Gasteiger partial charge is 0.191 e. The molecule has 2 aromatic carbocycles. The molecular weight excluding hydrogens is 460 g/mol. The number of nitrogens with one attached hydrogen (secondary N) is 2. The van der Waals surface area contributed by atoms with Gasteiger partial charge in [-0.1, -0.05) is 12.1 Å². The number of ether oxygens (including phenoxy) is 2. The Labute approximate surface area is 177 Å². The van der Waals surface area contributed by atoms with Gasteiger partial charge in [-0.15, -0.1) is 24.0 Å². The Hall–Kier alpha value is -2.03. The van der Waals surface area contributed by atoms with Crippen molar-refractivity contribution in [3.05, 3.63) is 59.4 Å². The summed E-state index contributed by atoms with van der Waals surface area (Å²) >= 11 is 0. The Morgan fingerprint density at radius 3 is 2.56 bits per heavy atom. The van der Waals surface area contributed by atoms with Crippen LogP contribution in [0.5, 0.6) is 11.5 Å². The molecule has 5 nitrogen and oxygen atoms in total. The van der Waals surface area contributed by atoms with Crippen molar-refractivity contribution in [3.8, 4) is 11.5 Å². The van der Waals surface area contributed by atoms with Crippen LogP contribution in [0.15, 0.2) is 47.5 Å². The number of halogens is 2. The van der Waals surface area contributed by atoms with Crippen molar-refractivity contribution in [2.75, 3.05) is 27.8 Å². The number of aliphatic imine (C=N–C) groups is 1. The third-order valence-corrected chi connectivity index (χ3v) is 3.99. The van der Waals surface area contributed by atoms with Crippen LogP contribution in [0.4, 0.5) is 4.39 Å². The van der Waals surface area contributed by atoms with Crippen molar-refractivity contribution in [2.24, 2.45) is 4.99 Å². The quantitative estimate of drug-likeness (QED) is 0.258. The first kappa shape index (κ1) is 23.0. The summed E-state index contributed by atoms with van der Waals surface area (Å²) in [5.74, 6) is 2.03. The van der Waals surface area contributed by atoms with E-state index in [1.54, 1.807) is 33.4 Å². The molecule has 148 valence electrons. The van der Waals surface area contributed by atoms with E-state index in [2.05, 4.69) is 15.6 Å². The van der Waals surface area contributed by atoms with Crippen LogP contribution in [0.25, 0.3) is 0 Å². The summed E-state index contributed by atoms with van der Waals surface area (Å²) < 4.78 is 23.8. The minimum absolute atomic E-state index is 0. The first-order valence-electron chi connectivity index (χ1n) is 8.56. The van der Waals surface area contributed by atoms with Crippen molar-refractivity contribution < 1.29 is 13.9 Å². The standard InChI is InChI=1S/C20H26FN3O2.HI/c1-22-20(23-11-5-7-15-6-4-8-17(21)12-15)24-14-16-9-10-18(25-2)13-19(16)26-3;/h4,6,8-10,12-13H,5,7,11,14H2,1-3H3,(H2,22,23,24);1H. The van der Waals surface area contributed by atoms with Gasteiger partial charge in [0.15, 0.2) is 5.96 Å². The van der Waals surface area contributed by atoms with Crippen molar-refractivity contribution in [1.82, 2.24) is 10.6 Å². The summed E-state index contributed by atoms with van der Waals surface area (Å²) in [5.41, 5.74) is 2.01. The molecule has 0 bridgehead atoms. The zero-order valence-electron chi connectivity index (χ0n) is 15.9. The van der Waals surface area contributed by atoms with E-state index < -0.39 is 0 Å². The number of methoxy groups -OCH3 is 2. The van der Waals surface area contributed by atoms with E-state index in [4.69, 9.17) is 9.47 Å². The predicted molar refractivity (Wildman–Crippen MR) is 118 cm³/mol. The van der Waals surface area contributed by atoms with E-state index in [0.717, 1.165) is 42.0 Å². The summed E-state index contributed by atoms with van der Waals surface area (Å²) in [7, 11) is 4.99. The highest BCUT2D eigenvalue weighted by Gasteiger charge is 2.06. The zero-order chi connectivity index (χ0) is 18.8. The topological polar surface area (TPSA) is 54.9 Å². The third kappa shape index (κ3) is 7.62. The van der Waals surface area contributed by atoms with Gasteiger partial charge in [-0.3, -0.25) is 4.99 Å². The van der Waals surface area contributed by atoms with E-state index in [1.807, 2.05) is 24.3 Å². The Morgan fingerprint density at radius 2 is 1.89 bits per heavy atom. The summed E-state index contributed by atoms with van der Waals surface area (Å²) in [6.45, 7) is 1.33. The van der Waals surface area contributed by atoms with E-state index in [0.29, 0.717) is 12.5 Å². The molecular formula is C20H27FIN3O2. The lowest BCUT2D eigenvalue weighted by atomic mass is 10.1. The van der Waals surface area contributed by atoms with Gasteiger partial charge in [0.1, 0.15) is 17.3 Å². The van der Waals surface area contributed by atoms with Gasteiger partial charge in [0.2, 0.25) is 0 Å². The van der Waals surface area contributed by atoms with Gasteiger partial charge in [0.25, 0.3) is 0 Å². The average molecular weight is 487 g/mol. The molecule has 0 amide bonds. The van der Waals surface area contributed by atoms with Gasteiger partial charge in [-0.25, -0.2) is 4.39 Å². The van der Waals surface area contributed by atoms with Crippen LogP contribution in [-0.4, -0.2) is 33.8 Å². The van der Waals surface area contributed by atoms with Crippen LogP contribution in [-0.2, 0) is 13.0 Å². The first-order valence-corrected chi connectivity index (χ1v) is 8.56. The fourth-order valence-corrected chi connectivity index (χ4v) is 2.59. The van der Waals surface area contributed by atoms with Gasteiger partial charge >= 0.3 is 0 Å².